The zero-order valence-corrected chi connectivity index (χ0v) is 26.9. The number of hydrogen-bond donors (Lipinski definition) is 0. The lowest BCUT2D eigenvalue weighted by molar-refractivity contribution is 1.30. The highest BCUT2D eigenvalue weighted by Crippen LogP contribution is 2.43. The fourth-order valence-corrected chi connectivity index (χ4v) is 8.55. The van der Waals surface area contributed by atoms with Gasteiger partial charge in [-0.2, -0.15) is 0 Å². The lowest BCUT2D eigenvalue weighted by atomic mass is 9.96. The van der Waals surface area contributed by atoms with E-state index in [1.165, 1.54) is 74.4 Å². The summed E-state index contributed by atoms with van der Waals surface area (Å²) in [6.07, 6.45) is 0. The van der Waals surface area contributed by atoms with E-state index >= 15 is 0 Å². The minimum Gasteiger partial charge on any atom is -0.310 e. The van der Waals surface area contributed by atoms with Crippen molar-refractivity contribution in [3.63, 3.8) is 0 Å². The number of thiophene rings is 1. The van der Waals surface area contributed by atoms with Crippen molar-refractivity contribution >= 4 is 91.7 Å². The maximum Gasteiger partial charge on any atom is 0.0468 e. The molecule has 224 valence electrons. The summed E-state index contributed by atoms with van der Waals surface area (Å²) in [6, 6.07) is 64.6. The van der Waals surface area contributed by atoms with Gasteiger partial charge in [0.1, 0.15) is 0 Å². The van der Waals surface area contributed by atoms with Gasteiger partial charge in [-0.15, -0.1) is 11.3 Å². The number of fused-ring (bicyclic) bond motifs is 9. The topological polar surface area (TPSA) is 3.24 Å². The van der Waals surface area contributed by atoms with Crippen molar-refractivity contribution in [3.8, 4) is 11.1 Å². The molecule has 0 aliphatic carbocycles. The van der Waals surface area contributed by atoms with Gasteiger partial charge >= 0.3 is 0 Å². The minimum absolute atomic E-state index is 1.13. The highest BCUT2D eigenvalue weighted by atomic mass is 32.1. The highest BCUT2D eigenvalue weighted by Gasteiger charge is 2.17. The van der Waals surface area contributed by atoms with Crippen LogP contribution < -0.4 is 4.90 Å². The molecule has 0 aliphatic rings. The third-order valence-corrected chi connectivity index (χ3v) is 10.9. The summed E-state index contributed by atoms with van der Waals surface area (Å²) in [5.74, 6) is 0. The average molecular weight is 628 g/mol. The van der Waals surface area contributed by atoms with Crippen molar-refractivity contribution in [2.24, 2.45) is 0 Å². The second kappa shape index (κ2) is 10.8. The highest BCUT2D eigenvalue weighted by molar-refractivity contribution is 7.25. The second-order valence-corrected chi connectivity index (χ2v) is 13.7. The average Bonchev–Trinajstić information content (AvgIpc) is 3.51. The van der Waals surface area contributed by atoms with Crippen molar-refractivity contribution in [2.75, 3.05) is 4.90 Å². The van der Waals surface area contributed by atoms with Crippen LogP contribution in [-0.4, -0.2) is 0 Å². The smallest absolute Gasteiger partial charge is 0.0468 e. The standard InChI is InChI=1S/C46H29NS/c1-2-8-30(9-3-1)31-18-20-37(21-19-31)47(39-23-25-44-43(29-39)42-27-34-11-4-5-12-35(34)28-45(42)48-44)38-22-24-41-36(26-38)17-16-33-15-14-32-10-6-7-13-40(32)46(33)41/h1-29H. The molecule has 0 bridgehead atoms. The van der Waals surface area contributed by atoms with Gasteiger partial charge in [0.05, 0.1) is 0 Å². The Balaban J connectivity index is 1.18. The number of anilines is 3. The van der Waals surface area contributed by atoms with Gasteiger partial charge in [-0.25, -0.2) is 0 Å². The van der Waals surface area contributed by atoms with Gasteiger partial charge in [0.25, 0.3) is 0 Å². The van der Waals surface area contributed by atoms with Crippen LogP contribution in [0.5, 0.6) is 0 Å². The van der Waals surface area contributed by atoms with Crippen LogP contribution in [0.2, 0.25) is 0 Å². The monoisotopic (exact) mass is 627 g/mol. The molecule has 0 radical (unpaired) electrons. The largest absolute Gasteiger partial charge is 0.310 e. The molecule has 0 saturated carbocycles. The van der Waals surface area contributed by atoms with Gasteiger partial charge in [-0.05, 0) is 109 Å². The van der Waals surface area contributed by atoms with E-state index in [0.717, 1.165) is 17.1 Å². The fraction of sp³-hybridized carbons (Fsp3) is 0. The zero-order valence-electron chi connectivity index (χ0n) is 26.1. The van der Waals surface area contributed by atoms with Gasteiger partial charge in [0.15, 0.2) is 0 Å². The van der Waals surface area contributed by atoms with Crippen LogP contribution in [0.25, 0.3) is 74.4 Å². The molecule has 1 heterocycles. The molecule has 1 aromatic heterocycles. The maximum atomic E-state index is 2.41. The molecule has 0 spiro atoms. The van der Waals surface area contributed by atoms with Crippen molar-refractivity contribution in [2.45, 2.75) is 0 Å². The van der Waals surface area contributed by atoms with Crippen LogP contribution in [0.4, 0.5) is 17.1 Å². The summed E-state index contributed by atoms with van der Waals surface area (Å²) >= 11 is 1.87. The van der Waals surface area contributed by atoms with E-state index < -0.39 is 0 Å². The van der Waals surface area contributed by atoms with E-state index in [1.807, 2.05) is 11.3 Å². The van der Waals surface area contributed by atoms with E-state index in [0.29, 0.717) is 0 Å². The number of nitrogens with zero attached hydrogens (tertiary/aromatic N) is 1. The Morgan fingerprint density at radius 1 is 0.312 bits per heavy atom. The first-order valence-electron chi connectivity index (χ1n) is 16.4. The van der Waals surface area contributed by atoms with Crippen LogP contribution >= 0.6 is 11.3 Å². The molecular weight excluding hydrogens is 599 g/mol. The van der Waals surface area contributed by atoms with Crippen molar-refractivity contribution in [1.29, 1.82) is 0 Å². The lowest BCUT2D eigenvalue weighted by Gasteiger charge is -2.26. The lowest BCUT2D eigenvalue weighted by Crippen LogP contribution is -2.09. The van der Waals surface area contributed by atoms with Crippen LogP contribution in [0, 0.1) is 0 Å². The summed E-state index contributed by atoms with van der Waals surface area (Å²) in [4.78, 5) is 2.41. The quantitative estimate of drug-likeness (QED) is 0.176. The summed E-state index contributed by atoms with van der Waals surface area (Å²) in [5.41, 5.74) is 5.85. The van der Waals surface area contributed by atoms with Crippen LogP contribution in [-0.2, 0) is 0 Å². The molecule has 0 saturated heterocycles. The molecule has 0 N–H and O–H groups in total. The van der Waals surface area contributed by atoms with E-state index in [1.54, 1.807) is 0 Å². The molecule has 0 unspecified atom stereocenters. The molecule has 9 aromatic carbocycles. The first-order chi connectivity index (χ1) is 23.8. The first kappa shape index (κ1) is 27.2. The molecule has 10 rings (SSSR count). The van der Waals surface area contributed by atoms with Crippen LogP contribution in [0.1, 0.15) is 0 Å². The Hall–Kier alpha value is -5.96. The predicted molar refractivity (Wildman–Crippen MR) is 209 cm³/mol. The summed E-state index contributed by atoms with van der Waals surface area (Å²) in [7, 11) is 0. The molecule has 1 nitrogen and oxygen atoms in total. The molecule has 0 fully saturated rings. The SMILES string of the molecule is c1ccc(-c2ccc(N(c3ccc4c(ccc5ccc6ccccc6c54)c3)c3ccc4sc5cc6ccccc6cc5c4c3)cc2)cc1. The third-order valence-electron chi connectivity index (χ3n) is 9.78. The Bertz CT molecular complexity index is 2830. The Kier molecular flexibility index (Phi) is 6.12. The van der Waals surface area contributed by atoms with Gasteiger partial charge in [0, 0.05) is 37.2 Å². The molecule has 0 amide bonds. The molecule has 48 heavy (non-hydrogen) atoms. The molecule has 0 aliphatic heterocycles. The van der Waals surface area contributed by atoms with Gasteiger partial charge in [0.2, 0.25) is 0 Å². The predicted octanol–water partition coefficient (Wildman–Crippen LogP) is 13.8. The molecule has 0 atom stereocenters. The summed E-state index contributed by atoms with van der Waals surface area (Å²) in [6.45, 7) is 0. The molecule has 10 aromatic rings. The van der Waals surface area contributed by atoms with Crippen molar-refractivity contribution in [3.05, 3.63) is 176 Å². The molecular formula is C46H29NS. The minimum atomic E-state index is 1.13. The number of hydrogen-bond acceptors (Lipinski definition) is 2. The maximum absolute atomic E-state index is 2.41. The van der Waals surface area contributed by atoms with Gasteiger partial charge in [-0.3, -0.25) is 0 Å². The third kappa shape index (κ3) is 4.38. The normalized spacial score (nSPS) is 11.8. The van der Waals surface area contributed by atoms with Crippen LogP contribution in [0.15, 0.2) is 176 Å². The fourth-order valence-electron chi connectivity index (χ4n) is 7.43. The Morgan fingerprint density at radius 3 is 1.73 bits per heavy atom. The van der Waals surface area contributed by atoms with Crippen molar-refractivity contribution < 1.29 is 0 Å². The molecule has 2 heteroatoms. The second-order valence-electron chi connectivity index (χ2n) is 12.6. The van der Waals surface area contributed by atoms with E-state index in [4.69, 9.17) is 0 Å². The number of benzene rings is 9. The summed E-state index contributed by atoms with van der Waals surface area (Å²) in [5, 5.41) is 12.8. The van der Waals surface area contributed by atoms with Crippen molar-refractivity contribution in [1.82, 2.24) is 0 Å². The summed E-state index contributed by atoms with van der Waals surface area (Å²) < 4.78 is 2.63. The Morgan fingerprint density at radius 2 is 0.896 bits per heavy atom. The van der Waals surface area contributed by atoms with Gasteiger partial charge in [-0.1, -0.05) is 121 Å². The van der Waals surface area contributed by atoms with Gasteiger partial charge < -0.3 is 4.90 Å². The van der Waals surface area contributed by atoms with Crippen LogP contribution in [0.3, 0.4) is 0 Å². The van der Waals surface area contributed by atoms with E-state index in [-0.39, 0.29) is 0 Å². The zero-order chi connectivity index (χ0) is 31.6. The number of rotatable bonds is 4. The van der Waals surface area contributed by atoms with E-state index in [2.05, 4.69) is 181 Å². The van der Waals surface area contributed by atoms with E-state index in [9.17, 15) is 0 Å². The first-order valence-corrected chi connectivity index (χ1v) is 17.2. The Labute approximate surface area is 282 Å².